The number of likely N-dealkylation sites (tertiary alicyclic amines) is 2. The number of hydrogen-bond donors (Lipinski definition) is 1. The van der Waals surface area contributed by atoms with Crippen molar-refractivity contribution in [2.45, 2.75) is 25.9 Å². The maximum atomic E-state index is 12.7. The summed E-state index contributed by atoms with van der Waals surface area (Å²) in [4.78, 5) is 21.1. The Kier molecular flexibility index (Phi) is 5.55. The van der Waals surface area contributed by atoms with Crippen molar-refractivity contribution >= 4 is 16.9 Å². The molecular weight excluding hydrogens is 386 g/mol. The molecule has 1 N–H and O–H groups in total. The summed E-state index contributed by atoms with van der Waals surface area (Å²) < 4.78 is 5.24. The highest BCUT2D eigenvalue weighted by molar-refractivity contribution is 5.83. The topological polar surface area (TPSA) is 48.6 Å². The van der Waals surface area contributed by atoms with E-state index in [1.807, 2.05) is 0 Å². The number of piperidine rings is 1. The van der Waals surface area contributed by atoms with Crippen LogP contribution in [0.4, 0.5) is 0 Å². The molecule has 2 aliphatic rings. The molecule has 2 saturated heterocycles. The summed E-state index contributed by atoms with van der Waals surface area (Å²) in [5, 5.41) is 1.31. The largest absolute Gasteiger partial charge is 0.469 e. The van der Waals surface area contributed by atoms with Crippen molar-refractivity contribution in [3.63, 3.8) is 0 Å². The van der Waals surface area contributed by atoms with E-state index in [0.29, 0.717) is 0 Å². The highest BCUT2D eigenvalue weighted by Crippen LogP contribution is 2.46. The summed E-state index contributed by atoms with van der Waals surface area (Å²) in [6.45, 7) is 5.66. The fourth-order valence-electron chi connectivity index (χ4n) is 5.67. The lowest BCUT2D eigenvalue weighted by molar-refractivity contribution is -0.149. The molecule has 0 amide bonds. The van der Waals surface area contributed by atoms with Crippen LogP contribution in [-0.2, 0) is 22.6 Å². The monoisotopic (exact) mass is 417 g/mol. The predicted molar refractivity (Wildman–Crippen MR) is 122 cm³/mol. The summed E-state index contributed by atoms with van der Waals surface area (Å²) >= 11 is 0. The summed E-state index contributed by atoms with van der Waals surface area (Å²) in [5.74, 6) is -0.0721. The first-order valence-corrected chi connectivity index (χ1v) is 11.3. The molecule has 1 unspecified atom stereocenters. The third kappa shape index (κ3) is 4.00. The summed E-state index contributed by atoms with van der Waals surface area (Å²) in [5.41, 5.74) is 3.88. The summed E-state index contributed by atoms with van der Waals surface area (Å²) in [6.07, 6.45) is 4.23. The number of para-hydroxylation sites is 1. The number of benzene rings is 2. The van der Waals surface area contributed by atoms with Crippen LogP contribution in [0.25, 0.3) is 10.9 Å². The summed E-state index contributed by atoms with van der Waals surface area (Å²) in [7, 11) is 1.53. The van der Waals surface area contributed by atoms with Gasteiger partial charge in [0.2, 0.25) is 0 Å². The number of esters is 1. The minimum atomic E-state index is -0.0411. The molecule has 3 aromatic rings. The number of ether oxygens (including phenoxy) is 1. The number of rotatable bonds is 5. The first kappa shape index (κ1) is 20.3. The maximum absolute atomic E-state index is 12.7. The molecule has 3 heterocycles. The minimum absolute atomic E-state index is 0.0264. The Labute approximate surface area is 184 Å². The fourth-order valence-corrected chi connectivity index (χ4v) is 5.67. The molecule has 0 bridgehead atoms. The number of aromatic nitrogens is 1. The van der Waals surface area contributed by atoms with Crippen LogP contribution in [0.5, 0.6) is 0 Å². The van der Waals surface area contributed by atoms with Gasteiger partial charge in [-0.15, -0.1) is 0 Å². The van der Waals surface area contributed by atoms with E-state index in [0.717, 1.165) is 52.1 Å². The Morgan fingerprint density at radius 2 is 1.77 bits per heavy atom. The smallest absolute Gasteiger partial charge is 0.310 e. The van der Waals surface area contributed by atoms with Gasteiger partial charge in [-0.2, -0.15) is 0 Å². The van der Waals surface area contributed by atoms with Crippen molar-refractivity contribution < 1.29 is 9.53 Å². The normalized spacial score (nSPS) is 21.6. The van der Waals surface area contributed by atoms with Gasteiger partial charge in [0.1, 0.15) is 0 Å². The molecule has 1 aromatic heterocycles. The SMILES string of the molecule is COC(=O)C1CN(Cc2ccccc2)CC12CCN(Cc1c[nH]c3ccccc13)CC2. The predicted octanol–water partition coefficient (Wildman–Crippen LogP) is 4.06. The van der Waals surface area contributed by atoms with Crippen molar-refractivity contribution in [1.82, 2.24) is 14.8 Å². The van der Waals surface area contributed by atoms with Gasteiger partial charge in [-0.25, -0.2) is 0 Å². The van der Waals surface area contributed by atoms with Gasteiger partial charge in [-0.3, -0.25) is 14.6 Å². The standard InChI is InChI=1S/C26H31N3O2/c1-31-25(30)23-18-29(16-20-7-3-2-4-8-20)19-26(23)11-13-28(14-12-26)17-21-15-27-24-10-6-5-9-22(21)24/h2-10,15,23,27H,11-14,16-19H2,1H3. The van der Waals surface area contributed by atoms with Crippen molar-refractivity contribution in [3.8, 4) is 0 Å². The van der Waals surface area contributed by atoms with Crippen molar-refractivity contribution in [1.29, 1.82) is 0 Å². The highest BCUT2D eigenvalue weighted by Gasteiger charge is 2.51. The molecule has 0 saturated carbocycles. The second-order valence-electron chi connectivity index (χ2n) is 9.23. The van der Waals surface area contributed by atoms with Crippen LogP contribution in [0.15, 0.2) is 60.8 Å². The van der Waals surface area contributed by atoms with Crippen LogP contribution >= 0.6 is 0 Å². The van der Waals surface area contributed by atoms with Crippen molar-refractivity contribution in [3.05, 3.63) is 71.9 Å². The number of carbonyl (C=O) groups excluding carboxylic acids is 1. The van der Waals surface area contributed by atoms with E-state index >= 15 is 0 Å². The Morgan fingerprint density at radius 3 is 2.55 bits per heavy atom. The van der Waals surface area contributed by atoms with E-state index < -0.39 is 0 Å². The van der Waals surface area contributed by atoms with Gasteiger partial charge in [-0.1, -0.05) is 48.5 Å². The molecule has 0 radical (unpaired) electrons. The lowest BCUT2D eigenvalue weighted by atomic mass is 9.70. The van der Waals surface area contributed by atoms with Gasteiger partial charge in [0.15, 0.2) is 0 Å². The Balaban J connectivity index is 1.28. The van der Waals surface area contributed by atoms with Crippen LogP contribution in [0.3, 0.4) is 0 Å². The van der Waals surface area contributed by atoms with E-state index in [1.165, 1.54) is 29.1 Å². The quantitative estimate of drug-likeness (QED) is 0.636. The lowest BCUT2D eigenvalue weighted by Gasteiger charge is -2.41. The molecule has 5 rings (SSSR count). The molecule has 5 nitrogen and oxygen atoms in total. The summed E-state index contributed by atoms with van der Waals surface area (Å²) in [6, 6.07) is 19.1. The van der Waals surface area contributed by atoms with Crippen LogP contribution in [0.2, 0.25) is 0 Å². The minimum Gasteiger partial charge on any atom is -0.469 e. The average molecular weight is 418 g/mol. The molecule has 2 aliphatic heterocycles. The highest BCUT2D eigenvalue weighted by atomic mass is 16.5. The molecule has 162 valence electrons. The zero-order valence-corrected chi connectivity index (χ0v) is 18.2. The van der Waals surface area contributed by atoms with Gasteiger partial charge < -0.3 is 9.72 Å². The van der Waals surface area contributed by atoms with E-state index in [-0.39, 0.29) is 17.3 Å². The zero-order valence-electron chi connectivity index (χ0n) is 18.2. The van der Waals surface area contributed by atoms with Gasteiger partial charge in [0.05, 0.1) is 13.0 Å². The van der Waals surface area contributed by atoms with Crippen LogP contribution < -0.4 is 0 Å². The molecule has 1 atom stereocenters. The lowest BCUT2D eigenvalue weighted by Crippen LogP contribution is -2.46. The molecule has 5 heteroatoms. The van der Waals surface area contributed by atoms with Crippen LogP contribution in [0.1, 0.15) is 24.0 Å². The van der Waals surface area contributed by atoms with E-state index in [9.17, 15) is 4.79 Å². The number of hydrogen-bond acceptors (Lipinski definition) is 4. The fraction of sp³-hybridized carbons (Fsp3) is 0.423. The first-order chi connectivity index (χ1) is 15.2. The molecular formula is C26H31N3O2. The van der Waals surface area contributed by atoms with E-state index in [4.69, 9.17) is 4.74 Å². The molecule has 0 aliphatic carbocycles. The third-order valence-corrected chi connectivity index (χ3v) is 7.37. The molecule has 2 aromatic carbocycles. The van der Waals surface area contributed by atoms with E-state index in [2.05, 4.69) is 75.6 Å². The number of nitrogens with one attached hydrogen (secondary N) is 1. The number of fused-ring (bicyclic) bond motifs is 1. The zero-order chi connectivity index (χ0) is 21.3. The van der Waals surface area contributed by atoms with Gasteiger partial charge >= 0.3 is 5.97 Å². The second-order valence-corrected chi connectivity index (χ2v) is 9.23. The number of H-pyrrole nitrogens is 1. The average Bonchev–Trinajstić information content (AvgIpc) is 3.37. The van der Waals surface area contributed by atoms with Gasteiger partial charge in [-0.05, 0) is 43.1 Å². The number of carbonyl (C=O) groups is 1. The molecule has 2 fully saturated rings. The molecule has 1 spiro atoms. The van der Waals surface area contributed by atoms with E-state index in [1.54, 1.807) is 0 Å². The Bertz CT molecular complexity index is 1040. The third-order valence-electron chi connectivity index (χ3n) is 7.37. The Morgan fingerprint density at radius 1 is 1.03 bits per heavy atom. The first-order valence-electron chi connectivity index (χ1n) is 11.3. The number of methoxy groups -OCH3 is 1. The molecule has 31 heavy (non-hydrogen) atoms. The van der Waals surface area contributed by atoms with Crippen molar-refractivity contribution in [2.24, 2.45) is 11.3 Å². The van der Waals surface area contributed by atoms with Crippen LogP contribution in [0, 0.1) is 11.3 Å². The van der Waals surface area contributed by atoms with Gasteiger partial charge in [0, 0.05) is 48.7 Å². The second kappa shape index (κ2) is 8.48. The number of aromatic amines is 1. The van der Waals surface area contributed by atoms with Crippen LogP contribution in [-0.4, -0.2) is 54.0 Å². The Hall–Kier alpha value is -2.63. The van der Waals surface area contributed by atoms with Gasteiger partial charge in [0.25, 0.3) is 0 Å². The number of nitrogens with zero attached hydrogens (tertiary/aromatic N) is 2. The maximum Gasteiger partial charge on any atom is 0.310 e. The van der Waals surface area contributed by atoms with Crippen molar-refractivity contribution in [2.75, 3.05) is 33.3 Å².